The van der Waals surface area contributed by atoms with Crippen molar-refractivity contribution >= 4 is 5.97 Å². The molecule has 1 atom stereocenters. The summed E-state index contributed by atoms with van der Waals surface area (Å²) in [5.74, 6) is 0.316. The number of ether oxygens (including phenoxy) is 2. The van der Waals surface area contributed by atoms with Gasteiger partial charge in [-0.05, 0) is 36.5 Å². The van der Waals surface area contributed by atoms with Gasteiger partial charge in [0.25, 0.3) is 0 Å². The topological polar surface area (TPSA) is 35.5 Å². The van der Waals surface area contributed by atoms with E-state index in [-0.39, 0.29) is 11.4 Å². The molecule has 0 aliphatic carbocycles. The number of rotatable bonds is 5. The summed E-state index contributed by atoms with van der Waals surface area (Å²) >= 11 is 0. The van der Waals surface area contributed by atoms with Crippen LogP contribution >= 0.6 is 0 Å². The van der Waals surface area contributed by atoms with E-state index < -0.39 is 6.10 Å². The number of carbonyl (C=O) groups is 1. The maximum atomic E-state index is 11.2. The molecule has 3 heteroatoms. The molecule has 1 aromatic carbocycles. The van der Waals surface area contributed by atoms with Gasteiger partial charge in [-0.25, -0.2) is 4.79 Å². The Morgan fingerprint density at radius 3 is 2.28 bits per heavy atom. The third kappa shape index (κ3) is 3.49. The fourth-order valence-corrected chi connectivity index (χ4v) is 1.61. The van der Waals surface area contributed by atoms with Gasteiger partial charge in [-0.2, -0.15) is 0 Å². The normalized spacial score (nSPS) is 12.9. The molecule has 0 bridgehead atoms. The Morgan fingerprint density at radius 2 is 1.83 bits per heavy atom. The van der Waals surface area contributed by atoms with Crippen LogP contribution in [0.5, 0.6) is 5.75 Å². The average molecular weight is 250 g/mol. The molecule has 0 aliphatic heterocycles. The summed E-state index contributed by atoms with van der Waals surface area (Å²) < 4.78 is 10.1. The van der Waals surface area contributed by atoms with Crippen molar-refractivity contribution in [2.45, 2.75) is 45.6 Å². The molecule has 0 amide bonds. The molecule has 0 N–H and O–H groups in total. The van der Waals surface area contributed by atoms with Crippen LogP contribution in [-0.4, -0.2) is 19.2 Å². The quantitative estimate of drug-likeness (QED) is 0.752. The summed E-state index contributed by atoms with van der Waals surface area (Å²) in [6.07, 6.45) is 0.492. The number of methoxy groups -OCH3 is 1. The highest BCUT2D eigenvalue weighted by Crippen LogP contribution is 2.28. The van der Waals surface area contributed by atoms with E-state index in [1.54, 1.807) is 6.92 Å². The van der Waals surface area contributed by atoms with Crippen LogP contribution < -0.4 is 4.74 Å². The van der Waals surface area contributed by atoms with Gasteiger partial charge in [0.2, 0.25) is 0 Å². The number of benzene rings is 1. The van der Waals surface area contributed by atoms with Crippen LogP contribution in [0.1, 0.15) is 39.7 Å². The van der Waals surface area contributed by atoms with Crippen molar-refractivity contribution in [1.29, 1.82) is 0 Å². The molecule has 100 valence electrons. The average Bonchev–Trinajstić information content (AvgIpc) is 2.38. The molecule has 1 aromatic rings. The molecule has 0 aliphatic rings. The smallest absolute Gasteiger partial charge is 0.346 e. The second kappa shape index (κ2) is 5.89. The summed E-state index contributed by atoms with van der Waals surface area (Å²) in [5.41, 5.74) is 1.43. The van der Waals surface area contributed by atoms with Gasteiger partial charge in [-0.15, -0.1) is 0 Å². The van der Waals surface area contributed by atoms with Gasteiger partial charge in [-0.3, -0.25) is 0 Å². The van der Waals surface area contributed by atoms with Crippen LogP contribution in [0.15, 0.2) is 24.3 Å². The molecule has 0 saturated carbocycles. The minimum Gasteiger partial charge on any atom is -0.479 e. The first-order chi connectivity index (χ1) is 8.40. The molecule has 18 heavy (non-hydrogen) atoms. The van der Waals surface area contributed by atoms with Gasteiger partial charge in [0.1, 0.15) is 5.75 Å². The van der Waals surface area contributed by atoms with Crippen LogP contribution in [0, 0.1) is 0 Å². The highest BCUT2D eigenvalue weighted by atomic mass is 16.6. The monoisotopic (exact) mass is 250 g/mol. The Morgan fingerprint density at radius 1 is 1.28 bits per heavy atom. The molecule has 0 radical (unpaired) electrons. The fourth-order valence-electron chi connectivity index (χ4n) is 1.61. The summed E-state index contributed by atoms with van der Waals surface area (Å²) in [7, 11) is 1.36. The molecule has 1 rings (SSSR count). The Hall–Kier alpha value is -1.51. The van der Waals surface area contributed by atoms with Crippen LogP contribution in [-0.2, 0) is 14.9 Å². The highest BCUT2D eigenvalue weighted by molar-refractivity contribution is 5.74. The minimum absolute atomic E-state index is 0.159. The van der Waals surface area contributed by atoms with Crippen molar-refractivity contribution in [1.82, 2.24) is 0 Å². The maximum Gasteiger partial charge on any atom is 0.346 e. The van der Waals surface area contributed by atoms with Crippen molar-refractivity contribution in [3.05, 3.63) is 29.8 Å². The predicted molar refractivity (Wildman–Crippen MR) is 71.9 cm³/mol. The molecular formula is C15H22O3. The first kappa shape index (κ1) is 14.6. The van der Waals surface area contributed by atoms with Gasteiger partial charge in [0.15, 0.2) is 6.10 Å². The molecule has 0 heterocycles. The van der Waals surface area contributed by atoms with E-state index in [2.05, 4.69) is 25.5 Å². The van der Waals surface area contributed by atoms with E-state index in [0.29, 0.717) is 5.75 Å². The largest absolute Gasteiger partial charge is 0.479 e. The SMILES string of the molecule is CCC(C)(C)c1ccc(O[C@H](C)C(=O)OC)cc1. The molecule has 0 saturated heterocycles. The zero-order chi connectivity index (χ0) is 13.8. The van der Waals surface area contributed by atoms with E-state index in [1.807, 2.05) is 24.3 Å². The highest BCUT2D eigenvalue weighted by Gasteiger charge is 2.18. The van der Waals surface area contributed by atoms with Crippen molar-refractivity contribution in [2.75, 3.05) is 7.11 Å². The zero-order valence-corrected chi connectivity index (χ0v) is 11.8. The van der Waals surface area contributed by atoms with Gasteiger partial charge in [-0.1, -0.05) is 32.9 Å². The second-order valence-corrected chi connectivity index (χ2v) is 5.05. The zero-order valence-electron chi connectivity index (χ0n) is 11.8. The van der Waals surface area contributed by atoms with E-state index in [4.69, 9.17) is 4.74 Å². The first-order valence-corrected chi connectivity index (χ1v) is 6.25. The second-order valence-electron chi connectivity index (χ2n) is 5.05. The van der Waals surface area contributed by atoms with Crippen LogP contribution in [0.25, 0.3) is 0 Å². The summed E-state index contributed by atoms with van der Waals surface area (Å²) in [6, 6.07) is 7.88. The fraction of sp³-hybridized carbons (Fsp3) is 0.533. The van der Waals surface area contributed by atoms with Gasteiger partial charge in [0, 0.05) is 0 Å². The van der Waals surface area contributed by atoms with Crippen LogP contribution in [0.2, 0.25) is 0 Å². The lowest BCUT2D eigenvalue weighted by atomic mass is 9.82. The molecular weight excluding hydrogens is 228 g/mol. The number of carbonyl (C=O) groups excluding carboxylic acids is 1. The van der Waals surface area contributed by atoms with Crippen LogP contribution in [0.4, 0.5) is 0 Å². The number of esters is 1. The lowest BCUT2D eigenvalue weighted by molar-refractivity contribution is -0.147. The molecule has 0 aromatic heterocycles. The molecule has 0 unspecified atom stereocenters. The Balaban J connectivity index is 2.75. The van der Waals surface area contributed by atoms with E-state index in [9.17, 15) is 4.79 Å². The number of hydrogen-bond acceptors (Lipinski definition) is 3. The van der Waals surface area contributed by atoms with Crippen LogP contribution in [0.3, 0.4) is 0 Å². The lowest BCUT2D eigenvalue weighted by Crippen LogP contribution is -2.25. The van der Waals surface area contributed by atoms with Crippen molar-refractivity contribution in [2.24, 2.45) is 0 Å². The predicted octanol–water partition coefficient (Wildman–Crippen LogP) is 3.31. The van der Waals surface area contributed by atoms with Crippen molar-refractivity contribution in [3.63, 3.8) is 0 Å². The van der Waals surface area contributed by atoms with E-state index in [1.165, 1.54) is 12.7 Å². The van der Waals surface area contributed by atoms with E-state index in [0.717, 1.165) is 6.42 Å². The third-order valence-electron chi connectivity index (χ3n) is 3.37. The Bertz CT molecular complexity index is 393. The standard InChI is InChI=1S/C15H22O3/c1-6-15(3,4)12-7-9-13(10-8-12)18-11(2)14(16)17-5/h7-11H,6H2,1-5H3/t11-/m1/s1. The summed E-state index contributed by atoms with van der Waals surface area (Å²) in [5, 5.41) is 0. The Labute approximate surface area is 109 Å². The molecule has 0 spiro atoms. The van der Waals surface area contributed by atoms with E-state index >= 15 is 0 Å². The first-order valence-electron chi connectivity index (χ1n) is 6.25. The van der Waals surface area contributed by atoms with Gasteiger partial charge in [0.05, 0.1) is 7.11 Å². The summed E-state index contributed by atoms with van der Waals surface area (Å²) in [6.45, 7) is 8.26. The third-order valence-corrected chi connectivity index (χ3v) is 3.37. The van der Waals surface area contributed by atoms with Gasteiger partial charge < -0.3 is 9.47 Å². The maximum absolute atomic E-state index is 11.2. The summed E-state index contributed by atoms with van der Waals surface area (Å²) in [4.78, 5) is 11.2. The molecule has 0 fully saturated rings. The van der Waals surface area contributed by atoms with Crippen molar-refractivity contribution < 1.29 is 14.3 Å². The molecule has 3 nitrogen and oxygen atoms in total. The minimum atomic E-state index is -0.583. The van der Waals surface area contributed by atoms with Crippen molar-refractivity contribution in [3.8, 4) is 5.75 Å². The van der Waals surface area contributed by atoms with Gasteiger partial charge >= 0.3 is 5.97 Å². The lowest BCUT2D eigenvalue weighted by Gasteiger charge is -2.23. The Kier molecular flexibility index (Phi) is 4.76. The number of hydrogen-bond donors (Lipinski definition) is 0.